The molecule has 1 heterocycles. The molecule has 0 radical (unpaired) electrons. The van der Waals surface area contributed by atoms with Gasteiger partial charge in [0, 0.05) is 12.7 Å². The molecule has 0 bridgehead atoms. The lowest BCUT2D eigenvalue weighted by atomic mass is 9.95. The third-order valence-electron chi connectivity index (χ3n) is 3.90. The van der Waals surface area contributed by atoms with E-state index in [0.29, 0.717) is 11.1 Å². The number of nitriles is 1. The molecule has 1 N–H and O–H groups in total. The van der Waals surface area contributed by atoms with Gasteiger partial charge in [0.25, 0.3) is 0 Å². The Bertz CT molecular complexity index is 990. The summed E-state index contributed by atoms with van der Waals surface area (Å²) in [5.74, 6) is -0.469. The van der Waals surface area contributed by atoms with Gasteiger partial charge in [0.05, 0.1) is 0 Å². The first-order valence-corrected chi connectivity index (χ1v) is 7.65. The van der Waals surface area contributed by atoms with Crippen LogP contribution >= 0.6 is 0 Å². The predicted octanol–water partition coefficient (Wildman–Crippen LogP) is 4.40. The Morgan fingerprint density at radius 2 is 1.70 bits per heavy atom. The number of hydrogen-bond acceptors (Lipinski definition) is 4. The first kappa shape index (κ1) is 18.5. The van der Waals surface area contributed by atoms with Gasteiger partial charge in [-0.1, -0.05) is 12.1 Å². The number of aromatic amines is 1. The molecule has 1 unspecified atom stereocenters. The zero-order chi connectivity index (χ0) is 19.6. The molecule has 3 aromatic rings. The normalized spacial score (nSPS) is 12.6. The van der Waals surface area contributed by atoms with Crippen molar-refractivity contribution in [3.63, 3.8) is 0 Å². The van der Waals surface area contributed by atoms with Gasteiger partial charge in [-0.3, -0.25) is 0 Å². The lowest BCUT2D eigenvalue weighted by molar-refractivity contribution is -0.215. The molecule has 5 nitrogen and oxygen atoms in total. The lowest BCUT2D eigenvalue weighted by Crippen LogP contribution is -2.22. The minimum atomic E-state index is -4.64. The van der Waals surface area contributed by atoms with Crippen LogP contribution in [0.5, 0.6) is 0 Å². The van der Waals surface area contributed by atoms with Crippen molar-refractivity contribution in [3.05, 3.63) is 59.5 Å². The number of hydrogen-bond donors (Lipinski definition) is 1. The summed E-state index contributed by atoms with van der Waals surface area (Å²) in [6.07, 6.45) is -6.82. The van der Waals surface area contributed by atoms with E-state index in [-0.39, 0.29) is 22.5 Å². The molecular formula is C18H12F4N4O. The molecule has 0 saturated carbocycles. The van der Waals surface area contributed by atoms with Crippen molar-refractivity contribution >= 4 is 0 Å². The Balaban J connectivity index is 2.22. The van der Waals surface area contributed by atoms with E-state index in [4.69, 9.17) is 5.26 Å². The van der Waals surface area contributed by atoms with Crippen LogP contribution in [0, 0.1) is 17.1 Å². The highest BCUT2D eigenvalue weighted by atomic mass is 19.4. The summed E-state index contributed by atoms with van der Waals surface area (Å²) in [5.41, 5.74) is 1.02. The average molecular weight is 376 g/mol. The molecule has 0 fully saturated rings. The molecule has 0 spiro atoms. The summed E-state index contributed by atoms with van der Waals surface area (Å²) in [7, 11) is 0.958. The molecule has 3 rings (SSSR count). The van der Waals surface area contributed by atoms with E-state index in [9.17, 15) is 17.6 Å². The molecule has 0 amide bonds. The zero-order valence-corrected chi connectivity index (χ0v) is 13.9. The van der Waals surface area contributed by atoms with Gasteiger partial charge < -0.3 is 4.74 Å². The van der Waals surface area contributed by atoms with Gasteiger partial charge in [0.1, 0.15) is 17.6 Å². The zero-order valence-electron chi connectivity index (χ0n) is 13.9. The fraction of sp³-hybridized carbons (Fsp3) is 0.167. The smallest absolute Gasteiger partial charge is 0.367 e. The summed E-state index contributed by atoms with van der Waals surface area (Å²) < 4.78 is 57.9. The Hall–Kier alpha value is -3.25. The monoisotopic (exact) mass is 376 g/mol. The van der Waals surface area contributed by atoms with Crippen LogP contribution in [-0.2, 0) is 4.74 Å². The molecule has 27 heavy (non-hydrogen) atoms. The van der Waals surface area contributed by atoms with Gasteiger partial charge in [-0.15, -0.1) is 5.10 Å². The van der Waals surface area contributed by atoms with E-state index in [1.807, 2.05) is 6.07 Å². The molecule has 9 heteroatoms. The largest absolute Gasteiger partial charge is 0.418 e. The number of ether oxygens (including phenoxy) is 1. The first-order valence-electron chi connectivity index (χ1n) is 7.65. The van der Waals surface area contributed by atoms with Crippen LogP contribution in [0.2, 0.25) is 0 Å². The van der Waals surface area contributed by atoms with E-state index in [0.717, 1.165) is 7.11 Å². The Labute approximate surface area is 151 Å². The number of benzene rings is 2. The van der Waals surface area contributed by atoms with Crippen molar-refractivity contribution in [1.29, 1.82) is 5.26 Å². The Morgan fingerprint density at radius 1 is 1.04 bits per heavy atom. The molecule has 0 aliphatic rings. The van der Waals surface area contributed by atoms with Crippen molar-refractivity contribution in [3.8, 4) is 28.5 Å². The van der Waals surface area contributed by atoms with Crippen molar-refractivity contribution in [2.45, 2.75) is 12.3 Å². The quantitative estimate of drug-likeness (QED) is 0.685. The maximum atomic E-state index is 13.4. The van der Waals surface area contributed by atoms with Gasteiger partial charge in [-0.05, 0) is 47.0 Å². The van der Waals surface area contributed by atoms with E-state index < -0.39 is 18.1 Å². The number of H-pyrrole nitrogens is 1. The maximum Gasteiger partial charge on any atom is 0.418 e. The topological polar surface area (TPSA) is 74.6 Å². The average Bonchev–Trinajstić information content (AvgIpc) is 3.10. The number of nitrogens with zero attached hydrogens (tertiary/aromatic N) is 3. The summed E-state index contributed by atoms with van der Waals surface area (Å²) in [6, 6.07) is 11.2. The number of methoxy groups -OCH3 is 1. The van der Waals surface area contributed by atoms with Crippen LogP contribution in [-0.4, -0.2) is 28.7 Å². The highest BCUT2D eigenvalue weighted by molar-refractivity contribution is 5.74. The predicted molar refractivity (Wildman–Crippen MR) is 87.7 cm³/mol. The molecule has 1 aromatic heterocycles. The van der Waals surface area contributed by atoms with Crippen molar-refractivity contribution in [2.24, 2.45) is 0 Å². The second-order valence-corrected chi connectivity index (χ2v) is 5.64. The summed E-state index contributed by atoms with van der Waals surface area (Å²) in [4.78, 5) is 0. The number of alkyl halides is 3. The van der Waals surface area contributed by atoms with Gasteiger partial charge in [-0.25, -0.2) is 4.39 Å². The van der Waals surface area contributed by atoms with E-state index in [2.05, 4.69) is 20.1 Å². The maximum absolute atomic E-state index is 13.4. The minimum Gasteiger partial charge on any atom is -0.367 e. The van der Waals surface area contributed by atoms with Gasteiger partial charge in [0.2, 0.25) is 0 Å². The second-order valence-electron chi connectivity index (χ2n) is 5.64. The molecule has 2 aromatic carbocycles. The first-order chi connectivity index (χ1) is 12.8. The van der Waals surface area contributed by atoms with Crippen LogP contribution in [0.15, 0.2) is 42.5 Å². The van der Waals surface area contributed by atoms with Crippen molar-refractivity contribution in [1.82, 2.24) is 15.4 Å². The fourth-order valence-corrected chi connectivity index (χ4v) is 2.72. The van der Waals surface area contributed by atoms with Crippen LogP contribution in [0.3, 0.4) is 0 Å². The summed E-state index contributed by atoms with van der Waals surface area (Å²) in [6.45, 7) is 0. The number of nitrogens with one attached hydrogen (secondary N) is 1. The fourth-order valence-electron chi connectivity index (χ4n) is 2.72. The van der Waals surface area contributed by atoms with Crippen molar-refractivity contribution < 1.29 is 22.3 Å². The van der Waals surface area contributed by atoms with Crippen LogP contribution < -0.4 is 0 Å². The highest BCUT2D eigenvalue weighted by Gasteiger charge is 2.41. The van der Waals surface area contributed by atoms with Crippen molar-refractivity contribution in [2.75, 3.05) is 7.11 Å². The van der Waals surface area contributed by atoms with Gasteiger partial charge >= 0.3 is 6.18 Å². The standard InChI is InChI=1S/C18H12F4N4O/c1-27-17(18(20,21)22)13-7-11(10-2-4-14(19)5-3-10)6-12(8-13)16-15(9-23)24-26-25-16/h2-8,17H,1H3,(H,24,25,26). The molecule has 138 valence electrons. The van der Waals surface area contributed by atoms with Gasteiger partial charge in [-0.2, -0.15) is 28.7 Å². The SMILES string of the molecule is COC(c1cc(-c2ccc(F)cc2)cc(-c2n[nH]nc2C#N)c1)C(F)(F)F. The number of rotatable bonds is 4. The molecule has 0 aliphatic carbocycles. The molecule has 0 aliphatic heterocycles. The molecule has 1 atom stereocenters. The minimum absolute atomic E-state index is 0.0572. The number of halogens is 4. The van der Waals surface area contributed by atoms with E-state index >= 15 is 0 Å². The van der Waals surface area contributed by atoms with Crippen LogP contribution in [0.25, 0.3) is 22.4 Å². The third-order valence-corrected chi connectivity index (χ3v) is 3.90. The Morgan fingerprint density at radius 3 is 2.30 bits per heavy atom. The summed E-state index contributed by atoms with van der Waals surface area (Å²) >= 11 is 0. The van der Waals surface area contributed by atoms with E-state index in [1.54, 1.807) is 6.07 Å². The molecular weight excluding hydrogens is 364 g/mol. The second kappa shape index (κ2) is 7.17. The molecule has 0 saturated heterocycles. The number of aromatic nitrogens is 3. The lowest BCUT2D eigenvalue weighted by Gasteiger charge is -2.20. The van der Waals surface area contributed by atoms with Crippen LogP contribution in [0.4, 0.5) is 17.6 Å². The Kier molecular flexibility index (Phi) is 4.92. The van der Waals surface area contributed by atoms with Crippen LogP contribution in [0.1, 0.15) is 17.4 Å². The summed E-state index contributed by atoms with van der Waals surface area (Å²) in [5, 5.41) is 18.9. The third kappa shape index (κ3) is 3.80. The van der Waals surface area contributed by atoms with Gasteiger partial charge in [0.15, 0.2) is 11.8 Å². The van der Waals surface area contributed by atoms with E-state index in [1.165, 1.54) is 36.4 Å². The highest BCUT2D eigenvalue weighted by Crippen LogP contribution is 2.39.